The van der Waals surface area contributed by atoms with Crippen LogP contribution in [0.1, 0.15) is 19.4 Å². The van der Waals surface area contributed by atoms with Gasteiger partial charge in [0, 0.05) is 4.90 Å². The molecule has 102 valence electrons. The number of hydrogen-bond donors (Lipinski definition) is 0. The maximum atomic E-state index is 3.87. The van der Waals surface area contributed by atoms with Crippen molar-refractivity contribution in [1.82, 2.24) is 0 Å². The zero-order chi connectivity index (χ0) is 14.4. The Morgan fingerprint density at radius 2 is 1.85 bits per heavy atom. The Morgan fingerprint density at radius 1 is 1.10 bits per heavy atom. The van der Waals surface area contributed by atoms with Gasteiger partial charge in [-0.3, -0.25) is 0 Å². The molecule has 0 aromatic heterocycles. The van der Waals surface area contributed by atoms with Crippen LogP contribution in [0.5, 0.6) is 0 Å². The standard InChI is InChI=1S/C19H20S/c1-4-10-17-13-9-14-18(16-11-7-6-8-12-16)19(17)20-15(3)5-2/h4-9,11-14H,1,10H2,2-3H3/b15-5-. The van der Waals surface area contributed by atoms with Crippen LogP contribution in [-0.2, 0) is 6.42 Å². The SMILES string of the molecule is C=CCc1cccc(-c2ccccc2)c1S/C(C)=C\C. The van der Waals surface area contributed by atoms with Gasteiger partial charge in [-0.05, 0) is 41.9 Å². The summed E-state index contributed by atoms with van der Waals surface area (Å²) in [6, 6.07) is 17.1. The lowest BCUT2D eigenvalue weighted by molar-refractivity contribution is 1.19. The van der Waals surface area contributed by atoms with Gasteiger partial charge < -0.3 is 0 Å². The molecule has 0 aliphatic rings. The summed E-state index contributed by atoms with van der Waals surface area (Å²) in [5, 5.41) is 0. The molecule has 0 N–H and O–H groups in total. The predicted molar refractivity (Wildman–Crippen MR) is 91.1 cm³/mol. The molecule has 0 bridgehead atoms. The van der Waals surface area contributed by atoms with Crippen molar-refractivity contribution in [2.45, 2.75) is 25.2 Å². The van der Waals surface area contributed by atoms with Gasteiger partial charge in [-0.1, -0.05) is 72.4 Å². The van der Waals surface area contributed by atoms with Crippen LogP contribution in [0, 0.1) is 0 Å². The fourth-order valence-electron chi connectivity index (χ4n) is 2.09. The quantitative estimate of drug-likeness (QED) is 0.471. The fraction of sp³-hybridized carbons (Fsp3) is 0.158. The van der Waals surface area contributed by atoms with E-state index in [2.05, 4.69) is 75.0 Å². The van der Waals surface area contributed by atoms with Gasteiger partial charge in [0.2, 0.25) is 0 Å². The summed E-state index contributed by atoms with van der Waals surface area (Å²) in [6.07, 6.45) is 5.03. The van der Waals surface area contributed by atoms with Crippen molar-refractivity contribution in [3.8, 4) is 11.1 Å². The van der Waals surface area contributed by atoms with Crippen molar-refractivity contribution in [3.63, 3.8) is 0 Å². The van der Waals surface area contributed by atoms with Crippen LogP contribution in [0.4, 0.5) is 0 Å². The van der Waals surface area contributed by atoms with Gasteiger partial charge in [0.25, 0.3) is 0 Å². The first-order valence-electron chi connectivity index (χ1n) is 6.85. The number of hydrogen-bond acceptors (Lipinski definition) is 1. The van der Waals surface area contributed by atoms with Gasteiger partial charge >= 0.3 is 0 Å². The molecular weight excluding hydrogens is 260 g/mol. The minimum absolute atomic E-state index is 0.903. The monoisotopic (exact) mass is 280 g/mol. The van der Waals surface area contributed by atoms with Crippen molar-refractivity contribution in [1.29, 1.82) is 0 Å². The minimum atomic E-state index is 0.903. The minimum Gasteiger partial charge on any atom is -0.103 e. The first-order valence-corrected chi connectivity index (χ1v) is 7.67. The number of rotatable bonds is 5. The Bertz CT molecular complexity index is 609. The molecule has 0 amide bonds. The van der Waals surface area contributed by atoms with E-state index in [1.54, 1.807) is 0 Å². The second kappa shape index (κ2) is 7.16. The van der Waals surface area contributed by atoms with Crippen LogP contribution in [0.2, 0.25) is 0 Å². The molecule has 0 radical (unpaired) electrons. The molecule has 0 saturated heterocycles. The molecule has 2 aromatic carbocycles. The Hall–Kier alpha value is -1.73. The Labute approximate surface area is 126 Å². The van der Waals surface area contributed by atoms with E-state index >= 15 is 0 Å². The van der Waals surface area contributed by atoms with E-state index in [0.717, 1.165) is 6.42 Å². The maximum Gasteiger partial charge on any atom is 0.0232 e. The lowest BCUT2D eigenvalue weighted by Crippen LogP contribution is -1.90. The van der Waals surface area contributed by atoms with Crippen molar-refractivity contribution in [2.75, 3.05) is 0 Å². The largest absolute Gasteiger partial charge is 0.103 e. The summed E-state index contributed by atoms with van der Waals surface area (Å²) in [5.41, 5.74) is 3.91. The molecule has 0 aliphatic carbocycles. The Kier molecular flexibility index (Phi) is 5.25. The molecule has 2 aromatic rings. The Morgan fingerprint density at radius 3 is 2.50 bits per heavy atom. The normalized spacial score (nSPS) is 11.4. The zero-order valence-corrected chi connectivity index (χ0v) is 12.9. The average Bonchev–Trinajstić information content (AvgIpc) is 2.50. The van der Waals surface area contributed by atoms with Crippen molar-refractivity contribution in [3.05, 3.63) is 77.7 Å². The molecule has 0 fully saturated rings. The molecule has 2 rings (SSSR count). The first kappa shape index (κ1) is 14.7. The van der Waals surface area contributed by atoms with Crippen LogP contribution in [-0.4, -0.2) is 0 Å². The summed E-state index contributed by atoms with van der Waals surface area (Å²) in [5.74, 6) is 0. The third-order valence-corrected chi connectivity index (χ3v) is 4.46. The summed E-state index contributed by atoms with van der Waals surface area (Å²) < 4.78 is 0. The highest BCUT2D eigenvalue weighted by molar-refractivity contribution is 8.03. The van der Waals surface area contributed by atoms with E-state index in [1.165, 1.54) is 26.5 Å². The smallest absolute Gasteiger partial charge is 0.0232 e. The van der Waals surface area contributed by atoms with E-state index < -0.39 is 0 Å². The maximum absolute atomic E-state index is 3.87. The van der Waals surface area contributed by atoms with Gasteiger partial charge in [-0.25, -0.2) is 0 Å². The molecule has 0 unspecified atom stereocenters. The van der Waals surface area contributed by atoms with Crippen LogP contribution >= 0.6 is 11.8 Å². The van der Waals surface area contributed by atoms with Gasteiger partial charge in [-0.2, -0.15) is 0 Å². The third-order valence-electron chi connectivity index (χ3n) is 3.22. The fourth-order valence-corrected chi connectivity index (χ4v) is 3.10. The zero-order valence-electron chi connectivity index (χ0n) is 12.1. The predicted octanol–water partition coefficient (Wildman–Crippen LogP) is 6.10. The van der Waals surface area contributed by atoms with E-state index in [0.29, 0.717) is 0 Å². The summed E-state index contributed by atoms with van der Waals surface area (Å²) in [4.78, 5) is 2.66. The molecule has 0 spiro atoms. The highest BCUT2D eigenvalue weighted by Gasteiger charge is 2.10. The average molecular weight is 280 g/mol. The highest BCUT2D eigenvalue weighted by Crippen LogP contribution is 2.38. The second-order valence-corrected chi connectivity index (χ2v) is 5.91. The summed E-state index contributed by atoms with van der Waals surface area (Å²) in [7, 11) is 0. The van der Waals surface area contributed by atoms with Crippen molar-refractivity contribution in [2.24, 2.45) is 0 Å². The first-order chi connectivity index (χ1) is 9.76. The van der Waals surface area contributed by atoms with Crippen LogP contribution in [0.25, 0.3) is 11.1 Å². The number of benzene rings is 2. The molecule has 0 heterocycles. The molecule has 0 atom stereocenters. The van der Waals surface area contributed by atoms with E-state index in [4.69, 9.17) is 0 Å². The summed E-state index contributed by atoms with van der Waals surface area (Å²) in [6.45, 7) is 8.12. The second-order valence-electron chi connectivity index (χ2n) is 4.65. The molecule has 0 saturated carbocycles. The Balaban J connectivity index is 2.55. The number of allylic oxidation sites excluding steroid dienone is 3. The lowest BCUT2D eigenvalue weighted by Gasteiger charge is -2.14. The van der Waals surface area contributed by atoms with E-state index in [-0.39, 0.29) is 0 Å². The van der Waals surface area contributed by atoms with Crippen molar-refractivity contribution >= 4 is 11.8 Å². The summed E-state index contributed by atoms with van der Waals surface area (Å²) >= 11 is 1.84. The van der Waals surface area contributed by atoms with Gasteiger partial charge in [0.1, 0.15) is 0 Å². The lowest BCUT2D eigenvalue weighted by atomic mass is 10.0. The van der Waals surface area contributed by atoms with Crippen LogP contribution in [0.15, 0.2) is 77.1 Å². The molecule has 0 nitrogen and oxygen atoms in total. The molecular formula is C19H20S. The topological polar surface area (TPSA) is 0 Å². The molecule has 1 heteroatoms. The third kappa shape index (κ3) is 3.43. The van der Waals surface area contributed by atoms with E-state index in [9.17, 15) is 0 Å². The highest BCUT2D eigenvalue weighted by atomic mass is 32.2. The van der Waals surface area contributed by atoms with Gasteiger partial charge in [-0.15, -0.1) is 6.58 Å². The molecule has 0 aliphatic heterocycles. The van der Waals surface area contributed by atoms with E-state index in [1.807, 2.05) is 17.8 Å². The molecule has 20 heavy (non-hydrogen) atoms. The van der Waals surface area contributed by atoms with Gasteiger partial charge in [0.15, 0.2) is 0 Å². The number of thioether (sulfide) groups is 1. The van der Waals surface area contributed by atoms with Gasteiger partial charge in [0.05, 0.1) is 0 Å². The van der Waals surface area contributed by atoms with Crippen molar-refractivity contribution < 1.29 is 0 Å². The van der Waals surface area contributed by atoms with Crippen LogP contribution < -0.4 is 0 Å². The van der Waals surface area contributed by atoms with Crippen LogP contribution in [0.3, 0.4) is 0 Å².